The van der Waals surface area contributed by atoms with E-state index >= 15 is 0 Å². The molecule has 33 heavy (non-hydrogen) atoms. The summed E-state index contributed by atoms with van der Waals surface area (Å²) in [4.78, 5) is 32.3. The largest absolute Gasteiger partial charge is 0.343 e. The summed E-state index contributed by atoms with van der Waals surface area (Å²) in [7, 11) is 1.93. The molecular weight excluding hydrogens is 410 g/mol. The molecule has 3 rings (SSSR count). The van der Waals surface area contributed by atoms with E-state index in [9.17, 15) is 9.59 Å². The molecule has 1 atom stereocenters. The van der Waals surface area contributed by atoms with Crippen molar-refractivity contribution in [2.75, 3.05) is 33.2 Å². The molecule has 0 aliphatic carbocycles. The lowest BCUT2D eigenvalue weighted by Crippen LogP contribution is -2.50. The Labute approximate surface area is 201 Å². The third-order valence-electron chi connectivity index (χ3n) is 7.34. The van der Waals surface area contributed by atoms with E-state index < -0.39 is 0 Å². The van der Waals surface area contributed by atoms with E-state index in [2.05, 4.69) is 49.6 Å². The molecule has 1 aromatic rings. The number of carbonyl (C=O) groups excluding carboxylic acids is 2. The fourth-order valence-electron chi connectivity index (χ4n) is 5.78. The molecule has 2 amide bonds. The first-order chi connectivity index (χ1) is 15.6. The van der Waals surface area contributed by atoms with Crippen LogP contribution in [-0.2, 0) is 16.1 Å². The minimum absolute atomic E-state index is 0.140. The SMILES string of the molecule is C[C@@H](CC(=O)N1CCC(N2CCC(C(=O)N(C)Cc3ccccc3)CC2)CC1)CC(C)(C)C. The van der Waals surface area contributed by atoms with Crippen molar-refractivity contribution in [2.24, 2.45) is 17.3 Å². The fourth-order valence-corrected chi connectivity index (χ4v) is 5.78. The third-order valence-corrected chi connectivity index (χ3v) is 7.34. The number of carbonyl (C=O) groups is 2. The smallest absolute Gasteiger partial charge is 0.225 e. The molecule has 2 aliphatic heterocycles. The summed E-state index contributed by atoms with van der Waals surface area (Å²) in [6.07, 6.45) is 5.77. The zero-order chi connectivity index (χ0) is 24.0. The molecule has 0 radical (unpaired) electrons. The number of hydrogen-bond donors (Lipinski definition) is 0. The zero-order valence-electron chi connectivity index (χ0n) is 21.6. The van der Waals surface area contributed by atoms with Gasteiger partial charge >= 0.3 is 0 Å². The van der Waals surface area contributed by atoms with Crippen molar-refractivity contribution in [3.8, 4) is 0 Å². The first-order valence-electron chi connectivity index (χ1n) is 12.9. The second kappa shape index (κ2) is 11.5. The van der Waals surface area contributed by atoms with Gasteiger partial charge in [-0.1, -0.05) is 58.0 Å². The topological polar surface area (TPSA) is 43.9 Å². The second-order valence-electron chi connectivity index (χ2n) is 11.7. The molecule has 5 heteroatoms. The summed E-state index contributed by atoms with van der Waals surface area (Å²) in [5.41, 5.74) is 1.45. The third kappa shape index (κ3) is 7.84. The first kappa shape index (κ1) is 25.7. The Morgan fingerprint density at radius 3 is 2.18 bits per heavy atom. The van der Waals surface area contributed by atoms with Crippen LogP contribution in [0.1, 0.15) is 71.8 Å². The monoisotopic (exact) mass is 455 g/mol. The predicted molar refractivity (Wildman–Crippen MR) is 135 cm³/mol. The molecule has 184 valence electrons. The lowest BCUT2D eigenvalue weighted by Gasteiger charge is -2.42. The van der Waals surface area contributed by atoms with Crippen molar-refractivity contribution in [3.63, 3.8) is 0 Å². The van der Waals surface area contributed by atoms with Crippen molar-refractivity contribution in [3.05, 3.63) is 35.9 Å². The lowest BCUT2D eigenvalue weighted by atomic mass is 9.84. The van der Waals surface area contributed by atoms with E-state index in [1.807, 2.05) is 30.1 Å². The molecule has 0 unspecified atom stereocenters. The van der Waals surface area contributed by atoms with Gasteiger partial charge in [0.15, 0.2) is 0 Å². The molecule has 0 aromatic heterocycles. The van der Waals surface area contributed by atoms with E-state index in [1.165, 1.54) is 5.56 Å². The quantitative estimate of drug-likeness (QED) is 0.593. The first-order valence-corrected chi connectivity index (χ1v) is 12.9. The zero-order valence-corrected chi connectivity index (χ0v) is 21.6. The van der Waals surface area contributed by atoms with Crippen molar-refractivity contribution in [1.82, 2.24) is 14.7 Å². The van der Waals surface area contributed by atoms with Crippen molar-refractivity contribution < 1.29 is 9.59 Å². The Hall–Kier alpha value is -1.88. The van der Waals surface area contributed by atoms with Crippen LogP contribution in [0.4, 0.5) is 0 Å². The van der Waals surface area contributed by atoms with Crippen LogP contribution in [-0.4, -0.2) is 65.8 Å². The van der Waals surface area contributed by atoms with Crippen LogP contribution in [0.3, 0.4) is 0 Å². The number of hydrogen-bond acceptors (Lipinski definition) is 3. The van der Waals surface area contributed by atoms with Crippen molar-refractivity contribution in [1.29, 1.82) is 0 Å². The normalized spacial score (nSPS) is 20.0. The average molecular weight is 456 g/mol. The van der Waals surface area contributed by atoms with Gasteiger partial charge in [-0.3, -0.25) is 9.59 Å². The van der Waals surface area contributed by atoms with Crippen LogP contribution < -0.4 is 0 Å². The summed E-state index contributed by atoms with van der Waals surface area (Å²) in [5.74, 6) is 1.19. The summed E-state index contributed by atoms with van der Waals surface area (Å²) in [6, 6.07) is 10.8. The van der Waals surface area contributed by atoms with Gasteiger partial charge in [-0.15, -0.1) is 0 Å². The van der Waals surface area contributed by atoms with E-state index in [0.29, 0.717) is 30.8 Å². The molecular formula is C28H45N3O2. The minimum Gasteiger partial charge on any atom is -0.343 e. The number of amides is 2. The number of nitrogens with zero attached hydrogens (tertiary/aromatic N) is 3. The molecule has 0 spiro atoms. The van der Waals surface area contributed by atoms with Gasteiger partial charge in [0.25, 0.3) is 0 Å². The molecule has 5 nitrogen and oxygen atoms in total. The van der Waals surface area contributed by atoms with Gasteiger partial charge in [0.05, 0.1) is 0 Å². The Balaban J connectivity index is 1.38. The molecule has 0 N–H and O–H groups in total. The molecule has 1 aromatic carbocycles. The lowest BCUT2D eigenvalue weighted by molar-refractivity contribution is -0.137. The van der Waals surface area contributed by atoms with Crippen LogP contribution in [0.5, 0.6) is 0 Å². The fraction of sp³-hybridized carbons (Fsp3) is 0.714. The molecule has 2 fully saturated rings. The van der Waals surface area contributed by atoms with Gasteiger partial charge in [-0.25, -0.2) is 0 Å². The molecule has 2 aliphatic rings. The molecule has 2 saturated heterocycles. The van der Waals surface area contributed by atoms with Gasteiger partial charge in [0.1, 0.15) is 0 Å². The summed E-state index contributed by atoms with van der Waals surface area (Å²) in [5, 5.41) is 0. The van der Waals surface area contributed by atoms with Gasteiger partial charge < -0.3 is 14.7 Å². The van der Waals surface area contributed by atoms with Crippen LogP contribution in [0, 0.1) is 17.3 Å². The highest BCUT2D eigenvalue weighted by atomic mass is 16.2. The highest BCUT2D eigenvalue weighted by molar-refractivity contribution is 5.78. The van der Waals surface area contributed by atoms with E-state index in [4.69, 9.17) is 0 Å². The summed E-state index contributed by atoms with van der Waals surface area (Å²) >= 11 is 0. The number of rotatable bonds is 7. The summed E-state index contributed by atoms with van der Waals surface area (Å²) in [6.45, 7) is 13.4. The number of likely N-dealkylation sites (tertiary alicyclic amines) is 2. The number of piperidine rings is 2. The van der Waals surface area contributed by atoms with Crippen LogP contribution in [0.15, 0.2) is 30.3 Å². The minimum atomic E-state index is 0.140. The maximum absolute atomic E-state index is 12.9. The maximum atomic E-state index is 12.9. The van der Waals surface area contributed by atoms with Crippen molar-refractivity contribution in [2.45, 2.75) is 78.8 Å². The standard InChI is InChI=1S/C28H45N3O2/c1-22(20-28(2,3)4)19-26(32)31-17-13-25(14-18-31)30-15-11-24(12-16-30)27(33)29(5)21-23-9-7-6-8-10-23/h6-10,22,24-25H,11-21H2,1-5H3/t22-/m0/s1. The van der Waals surface area contributed by atoms with E-state index in [0.717, 1.165) is 58.3 Å². The Morgan fingerprint density at radius 2 is 1.61 bits per heavy atom. The van der Waals surface area contributed by atoms with Gasteiger partial charge in [0, 0.05) is 45.1 Å². The molecule has 2 heterocycles. The molecule has 0 bridgehead atoms. The Bertz CT molecular complexity index is 757. The highest BCUT2D eigenvalue weighted by Gasteiger charge is 2.33. The number of benzene rings is 1. The Morgan fingerprint density at radius 1 is 1.00 bits per heavy atom. The van der Waals surface area contributed by atoms with Crippen molar-refractivity contribution >= 4 is 11.8 Å². The average Bonchev–Trinajstić information content (AvgIpc) is 2.78. The van der Waals surface area contributed by atoms with Crippen LogP contribution in [0.25, 0.3) is 0 Å². The van der Waals surface area contributed by atoms with Crippen LogP contribution >= 0.6 is 0 Å². The van der Waals surface area contributed by atoms with E-state index in [-0.39, 0.29) is 17.2 Å². The van der Waals surface area contributed by atoms with Gasteiger partial charge in [-0.05, 0) is 62.1 Å². The molecule has 0 saturated carbocycles. The second-order valence-corrected chi connectivity index (χ2v) is 11.7. The van der Waals surface area contributed by atoms with Crippen LogP contribution in [0.2, 0.25) is 0 Å². The van der Waals surface area contributed by atoms with Gasteiger partial charge in [0.2, 0.25) is 11.8 Å². The highest BCUT2D eigenvalue weighted by Crippen LogP contribution is 2.28. The predicted octanol–water partition coefficient (Wildman–Crippen LogP) is 4.81. The van der Waals surface area contributed by atoms with E-state index in [1.54, 1.807) is 0 Å². The summed E-state index contributed by atoms with van der Waals surface area (Å²) < 4.78 is 0. The Kier molecular flexibility index (Phi) is 8.97. The van der Waals surface area contributed by atoms with Gasteiger partial charge in [-0.2, -0.15) is 0 Å². The maximum Gasteiger partial charge on any atom is 0.225 e.